The van der Waals surface area contributed by atoms with Crippen molar-refractivity contribution < 1.29 is 14.3 Å². The van der Waals surface area contributed by atoms with E-state index in [0.29, 0.717) is 0 Å². The number of hydrogen-bond donors (Lipinski definition) is 0. The molecule has 1 aliphatic rings. The molecule has 1 aliphatic heterocycles. The van der Waals surface area contributed by atoms with E-state index in [4.69, 9.17) is 4.74 Å². The number of hydrogen-bond acceptors (Lipinski definition) is 3. The van der Waals surface area contributed by atoms with Crippen molar-refractivity contribution in [1.82, 2.24) is 0 Å². The summed E-state index contributed by atoms with van der Waals surface area (Å²) in [6, 6.07) is 0. The van der Waals surface area contributed by atoms with Crippen LogP contribution in [0.2, 0.25) is 0 Å². The predicted molar refractivity (Wildman–Crippen MR) is 25.8 cm³/mol. The predicted octanol–water partition coefficient (Wildman–Crippen LogP) is 0.419. The van der Waals surface area contributed by atoms with Crippen molar-refractivity contribution in [3.05, 3.63) is 12.3 Å². The largest absolute Gasteiger partial charge is 0.448 e. The van der Waals surface area contributed by atoms with Crippen molar-refractivity contribution in [2.75, 3.05) is 0 Å². The molecule has 0 N–H and O–H groups in total. The van der Waals surface area contributed by atoms with E-state index in [-0.39, 0.29) is 5.76 Å². The zero-order chi connectivity index (χ0) is 6.15. The first kappa shape index (κ1) is 5.15. The number of carbonyl (C=O) groups excluding carboxylic acids is 1. The molecular formula is C5H6O3. The Labute approximate surface area is 46.9 Å². The second kappa shape index (κ2) is 1.51. The lowest BCUT2D eigenvalue weighted by molar-refractivity contribution is -0.141. The Morgan fingerprint density at radius 1 is 1.62 bits per heavy atom. The zero-order valence-corrected chi connectivity index (χ0v) is 4.51. The number of rotatable bonds is 0. The molecule has 1 saturated heterocycles. The average Bonchev–Trinajstić information content (AvgIpc) is 1.85. The highest BCUT2D eigenvalue weighted by Crippen LogP contribution is 2.12. The lowest BCUT2D eigenvalue weighted by atomic mass is 10.6. The molecule has 3 heteroatoms. The van der Waals surface area contributed by atoms with Crippen LogP contribution in [0, 0.1) is 0 Å². The molecule has 0 aromatic carbocycles. The maximum absolute atomic E-state index is 10.3. The first-order valence-electron chi connectivity index (χ1n) is 2.26. The summed E-state index contributed by atoms with van der Waals surface area (Å²) in [5, 5.41) is 0. The van der Waals surface area contributed by atoms with Crippen LogP contribution in [0.3, 0.4) is 0 Å². The Kier molecular flexibility index (Phi) is 0.970. The molecule has 1 atom stereocenters. The van der Waals surface area contributed by atoms with E-state index in [9.17, 15) is 4.79 Å². The van der Waals surface area contributed by atoms with E-state index in [1.165, 1.54) is 0 Å². The van der Waals surface area contributed by atoms with Gasteiger partial charge in [-0.25, -0.2) is 4.79 Å². The Morgan fingerprint density at radius 2 is 2.25 bits per heavy atom. The van der Waals surface area contributed by atoms with Gasteiger partial charge in [-0.15, -0.1) is 0 Å². The van der Waals surface area contributed by atoms with Gasteiger partial charge in [0.15, 0.2) is 0 Å². The van der Waals surface area contributed by atoms with Crippen LogP contribution in [0.15, 0.2) is 12.3 Å². The second-order valence-electron chi connectivity index (χ2n) is 1.51. The fourth-order valence-electron chi connectivity index (χ4n) is 0.489. The van der Waals surface area contributed by atoms with Crippen LogP contribution in [0.1, 0.15) is 6.92 Å². The van der Waals surface area contributed by atoms with E-state index < -0.39 is 12.3 Å². The van der Waals surface area contributed by atoms with Crippen molar-refractivity contribution in [2.45, 2.75) is 13.2 Å². The third kappa shape index (κ3) is 0.665. The van der Waals surface area contributed by atoms with E-state index in [0.717, 1.165) is 0 Å². The molecule has 0 amide bonds. The molecule has 3 nitrogen and oxygen atoms in total. The Morgan fingerprint density at radius 3 is 2.38 bits per heavy atom. The number of carbonyl (C=O) groups is 1. The van der Waals surface area contributed by atoms with E-state index in [1.807, 2.05) is 0 Å². The summed E-state index contributed by atoms with van der Waals surface area (Å²) < 4.78 is 9.22. The lowest BCUT2D eigenvalue weighted by Crippen LogP contribution is -2.00. The molecule has 0 saturated carbocycles. The topological polar surface area (TPSA) is 35.5 Å². The molecule has 0 spiro atoms. The maximum Gasteiger partial charge on any atom is 0.376 e. The summed E-state index contributed by atoms with van der Waals surface area (Å²) in [6.45, 7) is 4.92. The standard InChI is InChI=1S/C5H6O3/c1-3-5(6)8-4(2)7-3/h4H,1H2,2H3. The molecule has 44 valence electrons. The number of cyclic esters (lactones) is 1. The molecule has 0 aromatic rings. The first-order chi connectivity index (χ1) is 3.70. The van der Waals surface area contributed by atoms with Crippen LogP contribution in [0.4, 0.5) is 0 Å². The molecule has 1 heterocycles. The third-order valence-electron chi connectivity index (χ3n) is 0.809. The van der Waals surface area contributed by atoms with E-state index in [2.05, 4.69) is 11.3 Å². The van der Waals surface area contributed by atoms with Crippen molar-refractivity contribution in [2.24, 2.45) is 0 Å². The minimum Gasteiger partial charge on any atom is -0.448 e. The summed E-state index contributed by atoms with van der Waals surface area (Å²) in [7, 11) is 0. The summed E-state index contributed by atoms with van der Waals surface area (Å²) >= 11 is 0. The minimum absolute atomic E-state index is 0.0949. The van der Waals surface area contributed by atoms with Gasteiger partial charge in [0, 0.05) is 6.92 Å². The fourth-order valence-corrected chi connectivity index (χ4v) is 0.489. The van der Waals surface area contributed by atoms with Crippen molar-refractivity contribution in [3.8, 4) is 0 Å². The van der Waals surface area contributed by atoms with Crippen LogP contribution in [-0.2, 0) is 14.3 Å². The molecule has 0 bridgehead atoms. The Balaban J connectivity index is 2.64. The Bertz CT molecular complexity index is 123. The van der Waals surface area contributed by atoms with Crippen molar-refractivity contribution >= 4 is 5.97 Å². The second-order valence-corrected chi connectivity index (χ2v) is 1.51. The number of ether oxygens (including phenoxy) is 2. The quantitative estimate of drug-likeness (QED) is 0.338. The molecular weight excluding hydrogens is 108 g/mol. The van der Waals surface area contributed by atoms with Gasteiger partial charge in [0.1, 0.15) is 0 Å². The van der Waals surface area contributed by atoms with Crippen LogP contribution in [0.25, 0.3) is 0 Å². The van der Waals surface area contributed by atoms with Gasteiger partial charge in [-0.1, -0.05) is 0 Å². The molecule has 0 aromatic heterocycles. The highest BCUT2D eigenvalue weighted by atomic mass is 16.7. The Hall–Kier alpha value is -0.990. The maximum atomic E-state index is 10.3. The SMILES string of the molecule is C=C1OC(C)OC1=O. The molecule has 1 unspecified atom stereocenters. The fraction of sp³-hybridized carbons (Fsp3) is 0.400. The van der Waals surface area contributed by atoms with Gasteiger partial charge in [0.25, 0.3) is 0 Å². The molecule has 0 aliphatic carbocycles. The summed E-state index contributed by atoms with van der Waals surface area (Å²) in [5.74, 6) is -0.366. The van der Waals surface area contributed by atoms with Crippen molar-refractivity contribution in [3.63, 3.8) is 0 Å². The van der Waals surface area contributed by atoms with E-state index in [1.54, 1.807) is 6.92 Å². The highest BCUT2D eigenvalue weighted by molar-refractivity contribution is 5.86. The first-order valence-corrected chi connectivity index (χ1v) is 2.26. The highest BCUT2D eigenvalue weighted by Gasteiger charge is 2.24. The van der Waals surface area contributed by atoms with Gasteiger partial charge >= 0.3 is 5.97 Å². The minimum atomic E-state index is -0.461. The van der Waals surface area contributed by atoms with Crippen LogP contribution in [-0.4, -0.2) is 12.3 Å². The van der Waals surface area contributed by atoms with Gasteiger partial charge in [-0.05, 0) is 6.58 Å². The van der Waals surface area contributed by atoms with Gasteiger partial charge < -0.3 is 9.47 Å². The van der Waals surface area contributed by atoms with Crippen LogP contribution >= 0.6 is 0 Å². The molecule has 1 rings (SSSR count). The van der Waals surface area contributed by atoms with Gasteiger partial charge in [-0.3, -0.25) is 0 Å². The molecule has 1 fully saturated rings. The summed E-state index contributed by atoms with van der Waals surface area (Å²) in [6.07, 6.45) is -0.449. The van der Waals surface area contributed by atoms with Gasteiger partial charge in [0.2, 0.25) is 12.0 Å². The number of esters is 1. The third-order valence-corrected chi connectivity index (χ3v) is 0.809. The van der Waals surface area contributed by atoms with Gasteiger partial charge in [0.05, 0.1) is 0 Å². The monoisotopic (exact) mass is 114 g/mol. The van der Waals surface area contributed by atoms with Crippen molar-refractivity contribution in [1.29, 1.82) is 0 Å². The molecule has 0 radical (unpaired) electrons. The smallest absolute Gasteiger partial charge is 0.376 e. The van der Waals surface area contributed by atoms with Crippen LogP contribution < -0.4 is 0 Å². The normalized spacial score (nSPS) is 27.4. The lowest BCUT2D eigenvalue weighted by Gasteiger charge is -1.96. The van der Waals surface area contributed by atoms with Gasteiger partial charge in [-0.2, -0.15) is 0 Å². The average molecular weight is 114 g/mol. The zero-order valence-electron chi connectivity index (χ0n) is 4.51. The van der Waals surface area contributed by atoms with Crippen LogP contribution in [0.5, 0.6) is 0 Å². The summed E-state index contributed by atoms with van der Waals surface area (Å²) in [4.78, 5) is 10.3. The molecule has 8 heavy (non-hydrogen) atoms. The summed E-state index contributed by atoms with van der Waals surface area (Å²) in [5.41, 5.74) is 0. The van der Waals surface area contributed by atoms with E-state index >= 15 is 0 Å².